The topological polar surface area (TPSA) is 73.3 Å². The lowest BCUT2D eigenvalue weighted by atomic mass is 10.1. The third-order valence-electron chi connectivity index (χ3n) is 7.27. The summed E-state index contributed by atoms with van der Waals surface area (Å²) in [6, 6.07) is 14.3. The van der Waals surface area contributed by atoms with E-state index >= 15 is 0 Å². The van der Waals surface area contributed by atoms with Crippen LogP contribution in [0.5, 0.6) is 5.75 Å². The van der Waals surface area contributed by atoms with Crippen molar-refractivity contribution in [1.29, 1.82) is 0 Å². The molecule has 11 heteroatoms. The first-order valence-corrected chi connectivity index (χ1v) is 14.9. The average molecular weight is 643 g/mol. The summed E-state index contributed by atoms with van der Waals surface area (Å²) in [7, 11) is 0. The maximum Gasteiger partial charge on any atom is 0.490 e. The van der Waals surface area contributed by atoms with Crippen LogP contribution in [0.1, 0.15) is 54.4 Å². The first-order valence-electron chi connectivity index (χ1n) is 14.1. The van der Waals surface area contributed by atoms with E-state index in [1.807, 2.05) is 30.0 Å². The second-order valence-electron chi connectivity index (χ2n) is 10.3. The highest BCUT2D eigenvalue weighted by Gasteiger charge is 2.38. The standard InChI is InChI=1S/C28H38BrN3O2.C2HF3O2/c1-23-22-24(29)8-13-27(23)28(33)32-19-17-31(18-20-32)25-9-11-26(12-10-25)34-21-7-16-30-14-5-3-2-4-6-15-30;3-2(4,5)1(6)7/h8-13,22H,2-7,14-21H2,1H3;(H,6,7). The van der Waals surface area contributed by atoms with Gasteiger partial charge in [-0.3, -0.25) is 4.79 Å². The fraction of sp³-hybridized carbons (Fsp3) is 0.533. The number of ether oxygens (including phenoxy) is 1. The number of nitrogens with zero attached hydrogens (tertiary/aromatic N) is 3. The second kappa shape index (κ2) is 16.0. The molecule has 41 heavy (non-hydrogen) atoms. The van der Waals surface area contributed by atoms with Gasteiger partial charge in [-0.25, -0.2) is 4.79 Å². The van der Waals surface area contributed by atoms with Crippen LogP contribution >= 0.6 is 15.9 Å². The summed E-state index contributed by atoms with van der Waals surface area (Å²) in [6.07, 6.45) is 2.86. The Morgan fingerprint density at radius 1 is 0.902 bits per heavy atom. The number of carbonyl (C=O) groups excluding carboxylic acids is 1. The van der Waals surface area contributed by atoms with Crippen LogP contribution in [0.2, 0.25) is 0 Å². The van der Waals surface area contributed by atoms with Crippen molar-refractivity contribution in [2.45, 2.75) is 51.6 Å². The van der Waals surface area contributed by atoms with Crippen molar-refractivity contribution in [3.63, 3.8) is 0 Å². The van der Waals surface area contributed by atoms with Crippen LogP contribution in [-0.2, 0) is 4.79 Å². The van der Waals surface area contributed by atoms with E-state index in [1.165, 1.54) is 50.9 Å². The lowest BCUT2D eigenvalue weighted by Crippen LogP contribution is -2.48. The number of aliphatic carboxylic acids is 1. The highest BCUT2D eigenvalue weighted by molar-refractivity contribution is 9.10. The smallest absolute Gasteiger partial charge is 0.490 e. The SMILES string of the molecule is Cc1cc(Br)ccc1C(=O)N1CCN(c2ccc(OCCCN3CCCCCCC3)cc2)CC1.O=C(O)C(F)(F)F. The van der Waals surface area contributed by atoms with E-state index in [0.29, 0.717) is 0 Å². The minimum absolute atomic E-state index is 0.129. The number of halogens is 4. The summed E-state index contributed by atoms with van der Waals surface area (Å²) in [5, 5.41) is 7.12. The van der Waals surface area contributed by atoms with Crippen molar-refractivity contribution in [1.82, 2.24) is 9.80 Å². The van der Waals surface area contributed by atoms with Crippen molar-refractivity contribution >= 4 is 33.5 Å². The normalized spacial score (nSPS) is 16.7. The Bertz CT molecular complexity index is 1110. The van der Waals surface area contributed by atoms with Gasteiger partial charge >= 0.3 is 12.1 Å². The number of piperazine rings is 1. The molecule has 0 atom stereocenters. The predicted molar refractivity (Wildman–Crippen MR) is 157 cm³/mol. The summed E-state index contributed by atoms with van der Waals surface area (Å²) in [6.45, 7) is 9.56. The zero-order chi connectivity index (χ0) is 29.8. The second-order valence-corrected chi connectivity index (χ2v) is 11.3. The van der Waals surface area contributed by atoms with Crippen LogP contribution in [0.15, 0.2) is 46.9 Å². The van der Waals surface area contributed by atoms with Crippen molar-refractivity contribution in [2.75, 3.05) is 57.3 Å². The van der Waals surface area contributed by atoms with Gasteiger partial charge in [-0.2, -0.15) is 13.2 Å². The van der Waals surface area contributed by atoms with Crippen molar-refractivity contribution in [3.05, 3.63) is 58.1 Å². The summed E-state index contributed by atoms with van der Waals surface area (Å²) in [5.41, 5.74) is 3.00. The summed E-state index contributed by atoms with van der Waals surface area (Å²) in [5.74, 6) is -1.69. The minimum atomic E-state index is -5.08. The number of anilines is 1. The number of benzene rings is 2. The van der Waals surface area contributed by atoms with Gasteiger partial charge in [0, 0.05) is 48.4 Å². The van der Waals surface area contributed by atoms with Gasteiger partial charge in [-0.05, 0) is 87.3 Å². The van der Waals surface area contributed by atoms with E-state index in [0.717, 1.165) is 67.1 Å². The first kappa shape index (κ1) is 32.7. The van der Waals surface area contributed by atoms with Gasteiger partial charge < -0.3 is 24.5 Å². The Labute approximate surface area is 248 Å². The van der Waals surface area contributed by atoms with E-state index in [4.69, 9.17) is 14.6 Å². The van der Waals surface area contributed by atoms with E-state index in [-0.39, 0.29) is 5.91 Å². The highest BCUT2D eigenvalue weighted by atomic mass is 79.9. The molecule has 2 aliphatic rings. The third kappa shape index (κ3) is 10.8. The number of hydrogen-bond donors (Lipinski definition) is 1. The quantitative estimate of drug-likeness (QED) is 0.353. The predicted octanol–water partition coefficient (Wildman–Crippen LogP) is 6.39. The molecule has 0 radical (unpaired) electrons. The molecule has 2 heterocycles. The lowest BCUT2D eigenvalue weighted by Gasteiger charge is -2.36. The number of rotatable bonds is 7. The molecule has 226 valence electrons. The maximum atomic E-state index is 13.0. The van der Waals surface area contributed by atoms with Gasteiger partial charge in [0.25, 0.3) is 5.91 Å². The van der Waals surface area contributed by atoms with E-state index < -0.39 is 12.1 Å². The molecule has 1 amide bonds. The number of carboxylic acids is 1. The Morgan fingerprint density at radius 3 is 2.05 bits per heavy atom. The monoisotopic (exact) mass is 641 g/mol. The fourth-order valence-electron chi connectivity index (χ4n) is 4.97. The molecule has 0 spiro atoms. The minimum Gasteiger partial charge on any atom is -0.494 e. The first-order chi connectivity index (χ1) is 19.5. The summed E-state index contributed by atoms with van der Waals surface area (Å²) >= 11 is 3.48. The molecule has 1 N–H and O–H groups in total. The fourth-order valence-corrected chi connectivity index (χ4v) is 5.45. The van der Waals surface area contributed by atoms with Gasteiger partial charge in [0.15, 0.2) is 0 Å². The molecule has 7 nitrogen and oxygen atoms in total. The van der Waals surface area contributed by atoms with Crippen LogP contribution in [0.3, 0.4) is 0 Å². The Morgan fingerprint density at radius 2 is 1.49 bits per heavy atom. The number of amides is 1. The van der Waals surface area contributed by atoms with Crippen LogP contribution < -0.4 is 9.64 Å². The number of likely N-dealkylation sites (tertiary alicyclic amines) is 1. The zero-order valence-electron chi connectivity index (χ0n) is 23.5. The zero-order valence-corrected chi connectivity index (χ0v) is 25.1. The molecule has 4 rings (SSSR count). The third-order valence-corrected chi connectivity index (χ3v) is 7.76. The molecule has 0 unspecified atom stereocenters. The maximum absolute atomic E-state index is 13.0. The molecule has 0 bridgehead atoms. The summed E-state index contributed by atoms with van der Waals surface area (Å²) in [4.78, 5) is 28.8. The average Bonchev–Trinajstić information content (AvgIpc) is 2.92. The van der Waals surface area contributed by atoms with Crippen LogP contribution in [0.25, 0.3) is 0 Å². The molecular weight excluding hydrogens is 603 g/mol. The Balaban J connectivity index is 0.000000587. The van der Waals surface area contributed by atoms with Crippen LogP contribution in [-0.4, -0.2) is 85.4 Å². The Kier molecular flexibility index (Phi) is 12.8. The van der Waals surface area contributed by atoms with E-state index in [9.17, 15) is 18.0 Å². The molecule has 2 aliphatic heterocycles. The number of carbonyl (C=O) groups is 2. The highest BCUT2D eigenvalue weighted by Crippen LogP contribution is 2.23. The van der Waals surface area contributed by atoms with Crippen LogP contribution in [0, 0.1) is 6.92 Å². The largest absolute Gasteiger partial charge is 0.494 e. The van der Waals surface area contributed by atoms with Crippen LogP contribution in [0.4, 0.5) is 18.9 Å². The molecular formula is C30H39BrF3N3O4. The van der Waals surface area contributed by atoms with Gasteiger partial charge in [0.2, 0.25) is 0 Å². The Hall–Kier alpha value is -2.79. The number of carboxylic acid groups (broad SMARTS) is 1. The molecule has 2 aromatic rings. The van der Waals surface area contributed by atoms with Gasteiger partial charge in [-0.15, -0.1) is 0 Å². The van der Waals surface area contributed by atoms with Crippen molar-refractivity contribution < 1.29 is 32.6 Å². The number of hydrogen-bond acceptors (Lipinski definition) is 5. The lowest BCUT2D eigenvalue weighted by molar-refractivity contribution is -0.192. The number of aryl methyl sites for hydroxylation is 1. The number of alkyl halides is 3. The van der Waals surface area contributed by atoms with Crippen molar-refractivity contribution in [3.8, 4) is 5.75 Å². The van der Waals surface area contributed by atoms with Gasteiger partial charge in [-0.1, -0.05) is 35.2 Å². The van der Waals surface area contributed by atoms with E-state index in [2.05, 4.69) is 50.0 Å². The molecule has 0 aliphatic carbocycles. The summed E-state index contributed by atoms with van der Waals surface area (Å²) < 4.78 is 38.8. The molecule has 2 saturated heterocycles. The molecule has 0 saturated carbocycles. The van der Waals surface area contributed by atoms with Gasteiger partial charge in [0.05, 0.1) is 6.61 Å². The molecule has 2 aromatic carbocycles. The van der Waals surface area contributed by atoms with Crippen molar-refractivity contribution in [2.24, 2.45) is 0 Å². The van der Waals surface area contributed by atoms with E-state index in [1.54, 1.807) is 0 Å². The molecule has 0 aromatic heterocycles. The molecule has 2 fully saturated rings. The van der Waals surface area contributed by atoms with Gasteiger partial charge in [0.1, 0.15) is 5.75 Å².